The molecule has 0 radical (unpaired) electrons. The molecule has 4 nitrogen and oxygen atoms in total. The van der Waals surface area contributed by atoms with Crippen LogP contribution in [0, 0.1) is 0 Å². The van der Waals surface area contributed by atoms with Gasteiger partial charge < -0.3 is 9.84 Å². The van der Waals surface area contributed by atoms with E-state index in [0.717, 1.165) is 0 Å². The molecule has 1 rings (SSSR count). The number of carbonyl (C=O) groups is 2. The maximum Gasteiger partial charge on any atom is 0.416 e. The van der Waals surface area contributed by atoms with Crippen LogP contribution in [0.2, 0.25) is 0 Å². The van der Waals surface area contributed by atoms with Crippen LogP contribution in [0.15, 0.2) is 24.3 Å². The van der Waals surface area contributed by atoms with Gasteiger partial charge in [-0.1, -0.05) is 12.1 Å². The zero-order chi connectivity index (χ0) is 21.2. The summed E-state index contributed by atoms with van der Waals surface area (Å²) in [6.07, 6.45) is -20.9. The fourth-order valence-corrected chi connectivity index (χ4v) is 2.08. The number of carbonyl (C=O) groups excluding carboxylic acids is 1. The molecule has 1 aromatic carbocycles. The molecule has 0 saturated heterocycles. The molecular weight excluding hydrogens is 403 g/mol. The van der Waals surface area contributed by atoms with E-state index in [0.29, 0.717) is 0 Å². The van der Waals surface area contributed by atoms with Crippen molar-refractivity contribution in [1.29, 1.82) is 0 Å². The van der Waals surface area contributed by atoms with Gasteiger partial charge in [0, 0.05) is 0 Å². The highest BCUT2D eigenvalue weighted by Crippen LogP contribution is 2.38. The molecule has 0 fully saturated rings. The number of hydrogen-bond donors (Lipinski definition) is 1. The number of aliphatic carboxylic acids is 1. The molecule has 0 spiro atoms. The summed E-state index contributed by atoms with van der Waals surface area (Å²) in [6.45, 7) is 0. The minimum absolute atomic E-state index is 0.137. The molecule has 152 valence electrons. The summed E-state index contributed by atoms with van der Waals surface area (Å²) < 4.78 is 118. The van der Waals surface area contributed by atoms with Crippen molar-refractivity contribution < 1.29 is 58.9 Å². The van der Waals surface area contributed by atoms with Crippen molar-refractivity contribution in [3.8, 4) is 0 Å². The van der Waals surface area contributed by atoms with Crippen LogP contribution in [0.3, 0.4) is 0 Å². The third kappa shape index (κ3) is 4.45. The standard InChI is InChI=1S/C14H9F9O4/c15-7(8(16)17)13(11(24)25,12(26)27-10(20)9(18)19)5-1-3-6(4-2-5)14(21,22)23/h1-4,7-10H,(H,24,25). The first-order chi connectivity index (χ1) is 12.3. The second-order valence-electron chi connectivity index (χ2n) is 5.02. The van der Waals surface area contributed by atoms with Crippen LogP contribution in [0.4, 0.5) is 39.5 Å². The van der Waals surface area contributed by atoms with E-state index in [1.807, 2.05) is 0 Å². The highest BCUT2D eigenvalue weighted by atomic mass is 19.4. The first-order valence-corrected chi connectivity index (χ1v) is 6.72. The van der Waals surface area contributed by atoms with Gasteiger partial charge >= 0.3 is 30.9 Å². The minimum Gasteiger partial charge on any atom is -0.480 e. The van der Waals surface area contributed by atoms with Gasteiger partial charge in [0.15, 0.2) is 6.17 Å². The maximum absolute atomic E-state index is 14.1. The van der Waals surface area contributed by atoms with Gasteiger partial charge in [-0.05, 0) is 17.7 Å². The van der Waals surface area contributed by atoms with Crippen molar-refractivity contribution in [2.24, 2.45) is 0 Å². The number of alkyl halides is 9. The van der Waals surface area contributed by atoms with E-state index in [4.69, 9.17) is 5.11 Å². The quantitative estimate of drug-likeness (QED) is 0.421. The Labute approximate surface area is 144 Å². The van der Waals surface area contributed by atoms with Crippen molar-refractivity contribution in [2.45, 2.75) is 37.0 Å². The Morgan fingerprint density at radius 1 is 0.852 bits per heavy atom. The van der Waals surface area contributed by atoms with E-state index < -0.39 is 60.0 Å². The smallest absolute Gasteiger partial charge is 0.416 e. The van der Waals surface area contributed by atoms with Gasteiger partial charge in [-0.3, -0.25) is 9.59 Å². The van der Waals surface area contributed by atoms with Gasteiger partial charge in [0.2, 0.25) is 5.41 Å². The summed E-state index contributed by atoms with van der Waals surface area (Å²) in [5.41, 5.74) is -6.79. The monoisotopic (exact) mass is 412 g/mol. The molecule has 27 heavy (non-hydrogen) atoms. The number of halogens is 9. The Morgan fingerprint density at radius 3 is 1.63 bits per heavy atom. The Balaban J connectivity index is 3.57. The fraction of sp³-hybridized carbons (Fsp3) is 0.429. The zero-order valence-electron chi connectivity index (χ0n) is 12.7. The van der Waals surface area contributed by atoms with E-state index in [9.17, 15) is 49.1 Å². The lowest BCUT2D eigenvalue weighted by molar-refractivity contribution is -0.191. The third-order valence-electron chi connectivity index (χ3n) is 3.38. The number of hydrogen-bond acceptors (Lipinski definition) is 3. The summed E-state index contributed by atoms with van der Waals surface area (Å²) in [7, 11) is 0. The Hall–Kier alpha value is -2.47. The summed E-state index contributed by atoms with van der Waals surface area (Å²) in [5, 5.41) is 9.14. The van der Waals surface area contributed by atoms with Crippen molar-refractivity contribution in [2.75, 3.05) is 0 Å². The van der Waals surface area contributed by atoms with E-state index in [1.165, 1.54) is 0 Å². The van der Waals surface area contributed by atoms with Gasteiger partial charge in [0.05, 0.1) is 5.56 Å². The van der Waals surface area contributed by atoms with Crippen LogP contribution in [-0.2, 0) is 25.9 Å². The average molecular weight is 412 g/mol. The molecule has 3 atom stereocenters. The number of benzene rings is 1. The lowest BCUT2D eigenvalue weighted by Crippen LogP contribution is -2.55. The van der Waals surface area contributed by atoms with Gasteiger partial charge in [0.1, 0.15) is 0 Å². The molecule has 0 aliphatic carbocycles. The molecule has 0 aliphatic rings. The number of carboxylic acid groups (broad SMARTS) is 1. The van der Waals surface area contributed by atoms with Crippen molar-refractivity contribution >= 4 is 11.9 Å². The molecule has 1 N–H and O–H groups in total. The molecule has 3 unspecified atom stereocenters. The molecule has 0 aliphatic heterocycles. The van der Waals surface area contributed by atoms with Crippen LogP contribution in [0.5, 0.6) is 0 Å². The van der Waals surface area contributed by atoms with Crippen molar-refractivity contribution in [3.05, 3.63) is 35.4 Å². The maximum atomic E-state index is 14.1. The molecule has 0 aromatic heterocycles. The molecule has 0 heterocycles. The van der Waals surface area contributed by atoms with E-state index in [1.54, 1.807) is 0 Å². The Morgan fingerprint density at radius 2 is 1.30 bits per heavy atom. The average Bonchev–Trinajstić information content (AvgIpc) is 2.54. The number of carboxylic acids is 1. The third-order valence-corrected chi connectivity index (χ3v) is 3.38. The lowest BCUT2D eigenvalue weighted by Gasteiger charge is -2.31. The van der Waals surface area contributed by atoms with Crippen molar-refractivity contribution in [3.63, 3.8) is 0 Å². The normalized spacial score (nSPS) is 16.7. The SMILES string of the molecule is O=C(O)C(C(=O)OC(F)C(F)F)(c1ccc(C(F)(F)F)cc1)C(F)C(F)F. The number of esters is 1. The van der Waals surface area contributed by atoms with Gasteiger partial charge in [-0.15, -0.1) is 0 Å². The minimum atomic E-state index is -4.96. The Kier molecular flexibility index (Phi) is 6.73. The molecule has 0 amide bonds. The van der Waals surface area contributed by atoms with Gasteiger partial charge in [-0.25, -0.2) is 22.0 Å². The topological polar surface area (TPSA) is 63.6 Å². The highest BCUT2D eigenvalue weighted by Gasteiger charge is 2.60. The first-order valence-electron chi connectivity index (χ1n) is 6.72. The van der Waals surface area contributed by atoms with Gasteiger partial charge in [-0.2, -0.15) is 17.6 Å². The molecule has 0 bridgehead atoms. The number of rotatable bonds is 7. The summed E-state index contributed by atoms with van der Waals surface area (Å²) >= 11 is 0. The number of ether oxygens (including phenoxy) is 1. The van der Waals surface area contributed by atoms with Crippen molar-refractivity contribution in [1.82, 2.24) is 0 Å². The molecular formula is C14H9F9O4. The molecule has 0 saturated carbocycles. The predicted octanol–water partition coefficient (Wildman–Crippen LogP) is 3.73. The summed E-state index contributed by atoms with van der Waals surface area (Å²) in [5.74, 6) is -5.38. The van der Waals surface area contributed by atoms with Crippen LogP contribution in [0.1, 0.15) is 11.1 Å². The van der Waals surface area contributed by atoms with Crippen LogP contribution in [0.25, 0.3) is 0 Å². The van der Waals surface area contributed by atoms with E-state index >= 15 is 0 Å². The van der Waals surface area contributed by atoms with Crippen LogP contribution < -0.4 is 0 Å². The molecule has 1 aromatic rings. The Bertz CT molecular complexity index is 674. The zero-order valence-corrected chi connectivity index (χ0v) is 12.7. The van der Waals surface area contributed by atoms with E-state index in [2.05, 4.69) is 4.74 Å². The summed E-state index contributed by atoms with van der Waals surface area (Å²) in [6, 6.07) is 0.614. The van der Waals surface area contributed by atoms with Crippen LogP contribution in [-0.4, -0.2) is 42.4 Å². The van der Waals surface area contributed by atoms with Crippen LogP contribution >= 0.6 is 0 Å². The second-order valence-corrected chi connectivity index (χ2v) is 5.02. The largest absolute Gasteiger partial charge is 0.480 e. The van der Waals surface area contributed by atoms with Gasteiger partial charge in [0.25, 0.3) is 6.43 Å². The predicted molar refractivity (Wildman–Crippen MR) is 68.6 cm³/mol. The first kappa shape index (κ1) is 22.6. The summed E-state index contributed by atoms with van der Waals surface area (Å²) in [4.78, 5) is 23.3. The second kappa shape index (κ2) is 8.05. The lowest BCUT2D eigenvalue weighted by atomic mass is 9.76. The van der Waals surface area contributed by atoms with E-state index in [-0.39, 0.29) is 24.3 Å². The molecule has 13 heteroatoms. The fourth-order valence-electron chi connectivity index (χ4n) is 2.08. The highest BCUT2D eigenvalue weighted by molar-refractivity contribution is 6.06.